The third-order valence-electron chi connectivity index (χ3n) is 2.51. The Kier molecular flexibility index (Phi) is 5.51. The molecule has 0 aromatic heterocycles. The van der Waals surface area contributed by atoms with E-state index in [1.165, 1.54) is 13.2 Å². The number of methoxy groups -OCH3 is 1. The summed E-state index contributed by atoms with van der Waals surface area (Å²) in [4.78, 5) is 0. The Balaban J connectivity index is 2.92. The minimum atomic E-state index is -0.336. The van der Waals surface area contributed by atoms with E-state index < -0.39 is 0 Å². The van der Waals surface area contributed by atoms with E-state index in [0.29, 0.717) is 6.42 Å². The van der Waals surface area contributed by atoms with Crippen molar-refractivity contribution in [3.05, 3.63) is 29.6 Å². The average molecular weight is 235 g/mol. The lowest BCUT2D eigenvalue weighted by Crippen LogP contribution is -2.20. The summed E-state index contributed by atoms with van der Waals surface area (Å²) in [6.45, 7) is 4.65. The van der Waals surface area contributed by atoms with E-state index in [4.69, 9.17) is 4.74 Å². The fraction of sp³-hybridized carbons (Fsp3) is 0.429. The van der Waals surface area contributed by atoms with Crippen molar-refractivity contribution in [1.82, 2.24) is 5.32 Å². The van der Waals surface area contributed by atoms with Gasteiger partial charge in [0.15, 0.2) is 11.6 Å². The normalized spacial score (nSPS) is 11.5. The van der Waals surface area contributed by atoms with Crippen molar-refractivity contribution in [1.29, 1.82) is 0 Å². The second kappa shape index (κ2) is 6.93. The number of rotatable bonds is 5. The highest BCUT2D eigenvalue weighted by molar-refractivity contribution is 5.31. The summed E-state index contributed by atoms with van der Waals surface area (Å²) in [5.74, 6) is 5.80. The molecule has 0 aliphatic heterocycles. The SMILES string of the molecule is CC#CCC(NCC)c1ccc(OC)c(F)c1. The van der Waals surface area contributed by atoms with E-state index >= 15 is 0 Å². The monoisotopic (exact) mass is 235 g/mol. The third kappa shape index (κ3) is 3.76. The first-order valence-electron chi connectivity index (χ1n) is 5.69. The first-order chi connectivity index (χ1) is 8.22. The lowest BCUT2D eigenvalue weighted by molar-refractivity contribution is 0.385. The second-order valence-electron chi connectivity index (χ2n) is 3.64. The molecule has 1 unspecified atom stereocenters. The molecule has 0 saturated heterocycles. The van der Waals surface area contributed by atoms with Crippen molar-refractivity contribution >= 4 is 0 Å². The van der Waals surface area contributed by atoms with Gasteiger partial charge in [-0.25, -0.2) is 4.39 Å². The molecule has 1 N–H and O–H groups in total. The van der Waals surface area contributed by atoms with Gasteiger partial charge in [0.05, 0.1) is 7.11 Å². The van der Waals surface area contributed by atoms with Gasteiger partial charge in [0.2, 0.25) is 0 Å². The number of nitrogens with one attached hydrogen (secondary N) is 1. The fourth-order valence-corrected chi connectivity index (χ4v) is 1.66. The van der Waals surface area contributed by atoms with Crippen LogP contribution in [0.1, 0.15) is 31.9 Å². The standard InChI is InChI=1S/C14H18FNO/c1-4-6-7-13(16-5-2)11-8-9-14(17-3)12(15)10-11/h8-10,13,16H,5,7H2,1-3H3. The molecule has 0 amide bonds. The fourth-order valence-electron chi connectivity index (χ4n) is 1.66. The number of benzene rings is 1. The Hall–Kier alpha value is -1.53. The van der Waals surface area contributed by atoms with E-state index in [1.807, 2.05) is 13.0 Å². The maximum atomic E-state index is 13.6. The lowest BCUT2D eigenvalue weighted by atomic mass is 10.0. The average Bonchev–Trinajstić information content (AvgIpc) is 2.34. The van der Waals surface area contributed by atoms with Crippen LogP contribution in [0.4, 0.5) is 4.39 Å². The molecule has 0 fully saturated rings. The van der Waals surface area contributed by atoms with Crippen LogP contribution in [0.3, 0.4) is 0 Å². The summed E-state index contributed by atoms with van der Waals surface area (Å²) in [6, 6.07) is 5.08. The molecule has 1 aromatic carbocycles. The van der Waals surface area contributed by atoms with Crippen LogP contribution in [0.25, 0.3) is 0 Å². The number of hydrogen-bond acceptors (Lipinski definition) is 2. The molecule has 1 rings (SSSR count). The maximum absolute atomic E-state index is 13.6. The van der Waals surface area contributed by atoms with Gasteiger partial charge in [-0.3, -0.25) is 0 Å². The molecule has 0 aliphatic rings. The van der Waals surface area contributed by atoms with Gasteiger partial charge in [-0.05, 0) is 31.2 Å². The molecule has 0 aliphatic carbocycles. The summed E-state index contributed by atoms with van der Waals surface area (Å²) in [6.07, 6.45) is 0.677. The Morgan fingerprint density at radius 1 is 1.47 bits per heavy atom. The quantitative estimate of drug-likeness (QED) is 0.792. The predicted molar refractivity (Wildman–Crippen MR) is 67.4 cm³/mol. The first-order valence-corrected chi connectivity index (χ1v) is 5.69. The zero-order valence-electron chi connectivity index (χ0n) is 10.5. The van der Waals surface area contributed by atoms with Gasteiger partial charge >= 0.3 is 0 Å². The molecule has 92 valence electrons. The van der Waals surface area contributed by atoms with Crippen molar-refractivity contribution in [2.45, 2.75) is 26.3 Å². The highest BCUT2D eigenvalue weighted by Crippen LogP contribution is 2.23. The highest BCUT2D eigenvalue weighted by Gasteiger charge is 2.11. The highest BCUT2D eigenvalue weighted by atomic mass is 19.1. The number of ether oxygens (including phenoxy) is 1. The smallest absolute Gasteiger partial charge is 0.165 e. The van der Waals surface area contributed by atoms with Crippen LogP contribution in [-0.4, -0.2) is 13.7 Å². The van der Waals surface area contributed by atoms with Crippen molar-refractivity contribution in [2.75, 3.05) is 13.7 Å². The first kappa shape index (κ1) is 13.5. The van der Waals surface area contributed by atoms with E-state index in [0.717, 1.165) is 12.1 Å². The van der Waals surface area contributed by atoms with Gasteiger partial charge < -0.3 is 10.1 Å². The molecule has 0 saturated carbocycles. The number of halogens is 1. The van der Waals surface area contributed by atoms with Crippen LogP contribution in [0.15, 0.2) is 18.2 Å². The van der Waals surface area contributed by atoms with E-state index in [-0.39, 0.29) is 17.6 Å². The molecule has 1 aromatic rings. The van der Waals surface area contributed by atoms with Crippen molar-refractivity contribution in [2.24, 2.45) is 0 Å². The Morgan fingerprint density at radius 3 is 2.76 bits per heavy atom. The molecule has 0 spiro atoms. The molecule has 3 heteroatoms. The Labute approximate surface area is 102 Å². The second-order valence-corrected chi connectivity index (χ2v) is 3.64. The van der Waals surface area contributed by atoms with Gasteiger partial charge in [-0.15, -0.1) is 11.8 Å². The summed E-state index contributed by atoms with van der Waals surface area (Å²) in [5, 5.41) is 3.29. The van der Waals surface area contributed by atoms with Crippen LogP contribution in [0.2, 0.25) is 0 Å². The van der Waals surface area contributed by atoms with E-state index in [9.17, 15) is 4.39 Å². The van der Waals surface area contributed by atoms with Gasteiger partial charge in [0.25, 0.3) is 0 Å². The minimum Gasteiger partial charge on any atom is -0.494 e. The predicted octanol–water partition coefficient (Wildman–Crippen LogP) is 2.90. The van der Waals surface area contributed by atoms with Crippen LogP contribution < -0.4 is 10.1 Å². The third-order valence-corrected chi connectivity index (χ3v) is 2.51. The molecule has 0 radical (unpaired) electrons. The Morgan fingerprint density at radius 2 is 2.24 bits per heavy atom. The molecule has 0 heterocycles. The van der Waals surface area contributed by atoms with Crippen LogP contribution in [0, 0.1) is 17.7 Å². The van der Waals surface area contributed by atoms with Crippen LogP contribution in [-0.2, 0) is 0 Å². The molecular formula is C14H18FNO. The van der Waals surface area contributed by atoms with Gasteiger partial charge in [0, 0.05) is 12.5 Å². The number of hydrogen-bond donors (Lipinski definition) is 1. The van der Waals surface area contributed by atoms with Crippen molar-refractivity contribution < 1.29 is 9.13 Å². The van der Waals surface area contributed by atoms with E-state index in [1.54, 1.807) is 13.0 Å². The Bertz CT molecular complexity index is 420. The summed E-state index contributed by atoms with van der Waals surface area (Å²) >= 11 is 0. The molecule has 0 bridgehead atoms. The maximum Gasteiger partial charge on any atom is 0.165 e. The molecule has 1 atom stereocenters. The molecule has 2 nitrogen and oxygen atoms in total. The van der Waals surface area contributed by atoms with Crippen molar-refractivity contribution in [3.63, 3.8) is 0 Å². The summed E-state index contributed by atoms with van der Waals surface area (Å²) in [5.41, 5.74) is 0.896. The van der Waals surface area contributed by atoms with E-state index in [2.05, 4.69) is 17.2 Å². The van der Waals surface area contributed by atoms with Crippen LogP contribution in [0.5, 0.6) is 5.75 Å². The topological polar surface area (TPSA) is 21.3 Å². The van der Waals surface area contributed by atoms with Gasteiger partial charge in [0.1, 0.15) is 0 Å². The summed E-state index contributed by atoms with van der Waals surface area (Å²) in [7, 11) is 1.46. The molecule has 17 heavy (non-hydrogen) atoms. The zero-order valence-corrected chi connectivity index (χ0v) is 10.5. The zero-order chi connectivity index (χ0) is 12.7. The van der Waals surface area contributed by atoms with Gasteiger partial charge in [-0.2, -0.15) is 0 Å². The summed E-state index contributed by atoms with van der Waals surface area (Å²) < 4.78 is 18.5. The minimum absolute atomic E-state index is 0.0628. The van der Waals surface area contributed by atoms with Crippen molar-refractivity contribution in [3.8, 4) is 17.6 Å². The molecular weight excluding hydrogens is 217 g/mol. The van der Waals surface area contributed by atoms with Gasteiger partial charge in [-0.1, -0.05) is 13.0 Å². The van der Waals surface area contributed by atoms with Crippen LogP contribution >= 0.6 is 0 Å². The lowest BCUT2D eigenvalue weighted by Gasteiger charge is -2.16. The largest absolute Gasteiger partial charge is 0.494 e.